The number of hydrogen-bond donors (Lipinski definition) is 2. The highest BCUT2D eigenvalue weighted by Crippen LogP contribution is 2.43. The molecule has 2 N–H and O–H groups in total. The lowest BCUT2D eigenvalue weighted by Gasteiger charge is -2.29. The van der Waals surface area contributed by atoms with Crippen molar-refractivity contribution in [2.75, 3.05) is 20.3 Å². The van der Waals surface area contributed by atoms with E-state index >= 15 is 0 Å². The molecule has 10 nitrogen and oxygen atoms in total. The molecule has 0 spiro atoms. The summed E-state index contributed by atoms with van der Waals surface area (Å²) in [4.78, 5) is 71.7. The van der Waals surface area contributed by atoms with Gasteiger partial charge in [0.2, 0.25) is 5.91 Å². The van der Waals surface area contributed by atoms with Crippen molar-refractivity contribution in [1.29, 1.82) is 0 Å². The number of fused-ring (bicyclic) bond motifs is 2. The van der Waals surface area contributed by atoms with E-state index in [1.54, 1.807) is 24.1 Å². The van der Waals surface area contributed by atoms with Crippen molar-refractivity contribution < 1.29 is 33.4 Å². The van der Waals surface area contributed by atoms with Gasteiger partial charge in [-0.25, -0.2) is 4.79 Å². The molecule has 6 rings (SSSR count). The zero-order valence-corrected chi connectivity index (χ0v) is 26.9. The van der Waals surface area contributed by atoms with Gasteiger partial charge in [-0.2, -0.15) is 0 Å². The van der Waals surface area contributed by atoms with E-state index in [-0.39, 0.29) is 45.6 Å². The Hall–Kier alpha value is -3.89. The zero-order valence-electron chi connectivity index (χ0n) is 25.4. The highest BCUT2D eigenvalue weighted by molar-refractivity contribution is 6.39. The maximum atomic E-state index is 14.1. The number of carbonyl (C=O) groups is 5. The summed E-state index contributed by atoms with van der Waals surface area (Å²) in [7, 11) is 1.56. The van der Waals surface area contributed by atoms with E-state index in [2.05, 4.69) is 10.3 Å². The van der Waals surface area contributed by atoms with Crippen LogP contribution in [0.15, 0.2) is 42.5 Å². The van der Waals surface area contributed by atoms with Crippen molar-refractivity contribution >= 4 is 63.5 Å². The molecule has 0 radical (unpaired) electrons. The molecule has 5 atom stereocenters. The average Bonchev–Trinajstić information content (AvgIpc) is 3.83. The normalized spacial score (nSPS) is 22.9. The van der Waals surface area contributed by atoms with E-state index in [0.29, 0.717) is 37.3 Å². The first-order valence-electron chi connectivity index (χ1n) is 15.6. The van der Waals surface area contributed by atoms with Crippen LogP contribution in [0.4, 0.5) is 0 Å². The van der Waals surface area contributed by atoms with Crippen LogP contribution in [0, 0.1) is 17.8 Å². The summed E-state index contributed by atoms with van der Waals surface area (Å²) in [6, 6.07) is 9.88. The number of carbonyl (C=O) groups excluding carboxylic acids is 5. The summed E-state index contributed by atoms with van der Waals surface area (Å²) in [6.07, 6.45) is 4.46. The van der Waals surface area contributed by atoms with E-state index in [4.69, 9.17) is 32.7 Å². The lowest BCUT2D eigenvalue weighted by molar-refractivity contribution is -0.133. The van der Waals surface area contributed by atoms with E-state index in [1.807, 2.05) is 18.2 Å². The molecule has 1 aliphatic heterocycles. The van der Waals surface area contributed by atoms with Gasteiger partial charge in [0.15, 0.2) is 12.4 Å². The molecule has 12 heteroatoms. The molecule has 3 fully saturated rings. The van der Waals surface area contributed by atoms with Crippen LogP contribution in [0.25, 0.3) is 10.9 Å². The zero-order chi connectivity index (χ0) is 32.5. The number of halogens is 2. The molecule has 0 bridgehead atoms. The Morgan fingerprint density at radius 3 is 2.52 bits per heavy atom. The van der Waals surface area contributed by atoms with Gasteiger partial charge in [-0.15, -0.1) is 0 Å². The Bertz CT molecular complexity index is 1680. The number of ether oxygens (including phenoxy) is 2. The predicted octanol–water partition coefficient (Wildman–Crippen LogP) is 5.39. The predicted molar refractivity (Wildman–Crippen MR) is 171 cm³/mol. The molecule has 0 unspecified atom stereocenters. The molecule has 3 aliphatic rings. The van der Waals surface area contributed by atoms with Crippen LogP contribution in [0.5, 0.6) is 5.75 Å². The van der Waals surface area contributed by atoms with Crippen LogP contribution in [0.2, 0.25) is 10.0 Å². The first kappa shape index (κ1) is 32.1. The number of aromatic amines is 1. The van der Waals surface area contributed by atoms with Crippen LogP contribution >= 0.6 is 23.2 Å². The number of hydrogen-bond acceptors (Lipinski definition) is 7. The second-order valence-electron chi connectivity index (χ2n) is 12.4. The topological polar surface area (TPSA) is 135 Å². The van der Waals surface area contributed by atoms with E-state index < -0.39 is 42.3 Å². The summed E-state index contributed by atoms with van der Waals surface area (Å²) in [5.74, 6) is -1.85. The molecular weight excluding hydrogens is 633 g/mol. The Morgan fingerprint density at radius 1 is 1.04 bits per heavy atom. The Morgan fingerprint density at radius 2 is 1.80 bits per heavy atom. The lowest BCUT2D eigenvalue weighted by Crippen LogP contribution is -2.53. The van der Waals surface area contributed by atoms with Crippen molar-refractivity contribution in [3.05, 3.63) is 63.8 Å². The van der Waals surface area contributed by atoms with E-state index in [0.717, 1.165) is 30.2 Å². The highest BCUT2D eigenvalue weighted by Gasteiger charge is 2.50. The quantitative estimate of drug-likeness (QED) is 0.277. The highest BCUT2D eigenvalue weighted by atomic mass is 35.5. The molecule has 2 amide bonds. The third-order valence-corrected chi connectivity index (χ3v) is 10.3. The van der Waals surface area contributed by atoms with E-state index in [1.165, 1.54) is 12.1 Å². The molecule has 1 aromatic heterocycles. The number of likely N-dealkylation sites (tertiary alicyclic amines) is 1. The SMILES string of the molecule is COc1cccc2[nH]c(C(=O)N3C[C@@H]4CCC[C@@H]4[C@H]3C(=O)N[C@@H](C[C@@H]3CCCC3=O)C(=O)COC(=O)c3c(Cl)cccc3Cl)cc12. The summed E-state index contributed by atoms with van der Waals surface area (Å²) >= 11 is 12.3. The fourth-order valence-corrected chi connectivity index (χ4v) is 7.93. The van der Waals surface area contributed by atoms with Crippen LogP contribution in [-0.4, -0.2) is 71.6 Å². The number of H-pyrrole nitrogens is 1. The molecule has 242 valence electrons. The van der Waals surface area contributed by atoms with Crippen LogP contribution < -0.4 is 10.1 Å². The number of ketones is 2. The van der Waals surface area contributed by atoms with Gasteiger partial charge in [-0.05, 0) is 74.3 Å². The number of methoxy groups -OCH3 is 1. The third kappa shape index (κ3) is 6.25. The number of nitrogens with one attached hydrogen (secondary N) is 2. The van der Waals surface area contributed by atoms with Crippen molar-refractivity contribution in [3.8, 4) is 5.75 Å². The van der Waals surface area contributed by atoms with Crippen molar-refractivity contribution in [1.82, 2.24) is 15.2 Å². The first-order valence-corrected chi connectivity index (χ1v) is 16.4. The number of nitrogens with zero attached hydrogens (tertiary/aromatic N) is 1. The second-order valence-corrected chi connectivity index (χ2v) is 13.2. The van der Waals surface area contributed by atoms with Crippen molar-refractivity contribution in [3.63, 3.8) is 0 Å². The Labute approximate surface area is 276 Å². The van der Waals surface area contributed by atoms with E-state index in [9.17, 15) is 24.0 Å². The number of benzene rings is 2. The minimum Gasteiger partial charge on any atom is -0.496 e. The van der Waals surface area contributed by atoms with Gasteiger partial charge in [0.05, 0.1) is 28.8 Å². The van der Waals surface area contributed by atoms with Crippen molar-refractivity contribution in [2.45, 2.75) is 57.0 Å². The van der Waals surface area contributed by atoms with Gasteiger partial charge in [0.25, 0.3) is 5.91 Å². The second kappa shape index (κ2) is 13.5. The monoisotopic (exact) mass is 667 g/mol. The van der Waals surface area contributed by atoms with Crippen LogP contribution in [0.3, 0.4) is 0 Å². The van der Waals surface area contributed by atoms with Gasteiger partial charge in [-0.1, -0.05) is 41.8 Å². The Kier molecular flexibility index (Phi) is 9.38. The number of Topliss-reactive ketones (excluding diaryl/α,β-unsaturated/α-hetero) is 2. The fraction of sp³-hybridized carbons (Fsp3) is 0.441. The average molecular weight is 669 g/mol. The number of amides is 2. The molecule has 46 heavy (non-hydrogen) atoms. The van der Waals surface area contributed by atoms with Gasteiger partial charge in [-0.3, -0.25) is 19.2 Å². The lowest BCUT2D eigenvalue weighted by atomic mass is 9.91. The molecule has 2 heterocycles. The molecule has 2 aromatic carbocycles. The van der Waals surface area contributed by atoms with Gasteiger partial charge in [0.1, 0.15) is 23.3 Å². The summed E-state index contributed by atoms with van der Waals surface area (Å²) < 4.78 is 10.7. The Balaban J connectivity index is 1.22. The molecule has 3 aromatic rings. The largest absolute Gasteiger partial charge is 0.496 e. The summed E-state index contributed by atoms with van der Waals surface area (Å²) in [5, 5.41) is 3.80. The van der Waals surface area contributed by atoms with Crippen LogP contribution in [0.1, 0.15) is 65.8 Å². The number of esters is 1. The van der Waals surface area contributed by atoms with Gasteiger partial charge < -0.3 is 24.7 Å². The van der Waals surface area contributed by atoms with Gasteiger partial charge >= 0.3 is 5.97 Å². The third-order valence-electron chi connectivity index (χ3n) is 9.66. The minimum atomic E-state index is -1.09. The standard InChI is InChI=1S/C34H35Cl2N3O7/c1-45-29-13-5-11-24-21(29)15-26(37-24)33(43)39-16-19-7-2-8-20(19)31(39)32(42)38-25(14-18-6-3-12-27(18)40)28(41)17-46-34(44)30-22(35)9-4-10-23(30)36/h4-5,9-11,13,15,18-20,25,31,37H,2-3,6-8,12,14,16-17H2,1H3,(H,38,42)/t18-,19-,20-,25-,31-/m0/s1. The van der Waals surface area contributed by atoms with Crippen LogP contribution in [-0.2, 0) is 19.1 Å². The van der Waals surface area contributed by atoms with Gasteiger partial charge in [0, 0.05) is 29.8 Å². The minimum absolute atomic E-state index is 0.0367. The first-order chi connectivity index (χ1) is 22.2. The molecular formula is C34H35Cl2N3O7. The molecule has 2 aliphatic carbocycles. The smallest absolute Gasteiger partial charge is 0.341 e. The number of rotatable bonds is 10. The number of aromatic nitrogens is 1. The van der Waals surface area contributed by atoms with Crippen molar-refractivity contribution in [2.24, 2.45) is 17.8 Å². The maximum absolute atomic E-state index is 14.1. The molecule has 1 saturated heterocycles. The maximum Gasteiger partial charge on any atom is 0.341 e. The summed E-state index contributed by atoms with van der Waals surface area (Å²) in [5.41, 5.74) is 1.02. The summed E-state index contributed by atoms with van der Waals surface area (Å²) in [6.45, 7) is -0.230. The molecule has 2 saturated carbocycles. The fourth-order valence-electron chi connectivity index (χ4n) is 7.38.